The van der Waals surface area contributed by atoms with Gasteiger partial charge in [0.1, 0.15) is 24.4 Å². The summed E-state index contributed by atoms with van der Waals surface area (Å²) in [5, 5.41) is 3.79. The molecular formula is C16H14ClFN4O4. The molecule has 3 rings (SSSR count). The number of amides is 1. The minimum absolute atomic E-state index is 0.0643. The number of carbonyl (C=O) groups is 1. The van der Waals surface area contributed by atoms with E-state index in [1.165, 1.54) is 23.3 Å². The van der Waals surface area contributed by atoms with Crippen molar-refractivity contribution in [1.29, 1.82) is 0 Å². The molecule has 0 radical (unpaired) electrons. The van der Waals surface area contributed by atoms with E-state index >= 15 is 0 Å². The summed E-state index contributed by atoms with van der Waals surface area (Å²) in [6, 6.07) is 3.75. The highest BCUT2D eigenvalue weighted by molar-refractivity contribution is 6.32. The Morgan fingerprint density at radius 3 is 2.85 bits per heavy atom. The van der Waals surface area contributed by atoms with Gasteiger partial charge in [0, 0.05) is 7.05 Å². The van der Waals surface area contributed by atoms with Crippen molar-refractivity contribution in [2.24, 2.45) is 0 Å². The van der Waals surface area contributed by atoms with E-state index in [0.717, 1.165) is 6.07 Å². The summed E-state index contributed by atoms with van der Waals surface area (Å²) in [6.07, 6.45) is 1.23. The first-order chi connectivity index (χ1) is 12.4. The molecule has 0 bridgehead atoms. The summed E-state index contributed by atoms with van der Waals surface area (Å²) >= 11 is 5.87. The third-order valence-electron chi connectivity index (χ3n) is 3.30. The quantitative estimate of drug-likeness (QED) is 0.648. The second-order valence-corrected chi connectivity index (χ2v) is 5.79. The van der Waals surface area contributed by atoms with Crippen LogP contribution in [0.3, 0.4) is 0 Å². The van der Waals surface area contributed by atoms with Gasteiger partial charge in [-0.15, -0.1) is 0 Å². The minimum atomic E-state index is -0.467. The van der Waals surface area contributed by atoms with Crippen LogP contribution < -0.4 is 4.74 Å². The number of nitrogens with zero attached hydrogens (tertiary/aromatic N) is 4. The molecule has 0 aliphatic rings. The fourth-order valence-electron chi connectivity index (χ4n) is 2.08. The highest BCUT2D eigenvalue weighted by Crippen LogP contribution is 2.25. The molecule has 1 aromatic carbocycles. The molecule has 2 heterocycles. The van der Waals surface area contributed by atoms with Gasteiger partial charge >= 0.3 is 0 Å². The summed E-state index contributed by atoms with van der Waals surface area (Å²) < 4.78 is 28.6. The Hall–Kier alpha value is -2.94. The first kappa shape index (κ1) is 17.9. The molecule has 0 aliphatic heterocycles. The second kappa shape index (κ2) is 7.52. The van der Waals surface area contributed by atoms with E-state index in [9.17, 15) is 9.18 Å². The van der Waals surface area contributed by atoms with Gasteiger partial charge in [-0.3, -0.25) is 4.79 Å². The van der Waals surface area contributed by atoms with Crippen LogP contribution in [0.4, 0.5) is 4.39 Å². The van der Waals surface area contributed by atoms with Gasteiger partial charge in [-0.2, -0.15) is 4.98 Å². The average Bonchev–Trinajstić information content (AvgIpc) is 3.22. The zero-order valence-corrected chi connectivity index (χ0v) is 14.7. The Morgan fingerprint density at radius 1 is 1.35 bits per heavy atom. The van der Waals surface area contributed by atoms with Crippen LogP contribution in [0.5, 0.6) is 5.75 Å². The van der Waals surface area contributed by atoms with Gasteiger partial charge in [-0.05, 0) is 25.1 Å². The predicted octanol–water partition coefficient (Wildman–Crippen LogP) is 3.01. The zero-order chi connectivity index (χ0) is 18.7. The number of halogens is 2. The van der Waals surface area contributed by atoms with Crippen LogP contribution in [0.15, 0.2) is 33.4 Å². The first-order valence-electron chi connectivity index (χ1n) is 7.49. The number of aromatic nitrogens is 3. The molecule has 0 unspecified atom stereocenters. The number of aryl methyl sites for hydroxylation is 1. The lowest BCUT2D eigenvalue weighted by atomic mass is 10.3. The van der Waals surface area contributed by atoms with Crippen molar-refractivity contribution in [3.8, 4) is 5.75 Å². The van der Waals surface area contributed by atoms with E-state index in [2.05, 4.69) is 15.1 Å². The van der Waals surface area contributed by atoms with E-state index in [-0.39, 0.29) is 41.4 Å². The van der Waals surface area contributed by atoms with Crippen LogP contribution in [0, 0.1) is 12.7 Å². The third-order valence-corrected chi connectivity index (χ3v) is 3.60. The van der Waals surface area contributed by atoms with Gasteiger partial charge in [0.05, 0.1) is 5.02 Å². The van der Waals surface area contributed by atoms with E-state index < -0.39 is 5.82 Å². The average molecular weight is 381 g/mol. The van der Waals surface area contributed by atoms with Crippen molar-refractivity contribution in [2.75, 3.05) is 7.05 Å². The summed E-state index contributed by atoms with van der Waals surface area (Å²) in [5.74, 6) is 0.415. The molecule has 8 nitrogen and oxygen atoms in total. The van der Waals surface area contributed by atoms with Crippen LogP contribution >= 0.6 is 11.6 Å². The minimum Gasteiger partial charge on any atom is -0.482 e. The number of hydrogen-bond donors (Lipinski definition) is 0. The van der Waals surface area contributed by atoms with Crippen molar-refractivity contribution >= 4 is 17.5 Å². The maximum absolute atomic E-state index is 13.0. The Morgan fingerprint density at radius 2 is 2.15 bits per heavy atom. The van der Waals surface area contributed by atoms with Crippen molar-refractivity contribution in [3.05, 3.63) is 58.6 Å². The highest BCUT2D eigenvalue weighted by atomic mass is 35.5. The van der Waals surface area contributed by atoms with Crippen LogP contribution in [-0.2, 0) is 13.2 Å². The van der Waals surface area contributed by atoms with E-state index in [1.54, 1.807) is 14.0 Å². The summed E-state index contributed by atoms with van der Waals surface area (Å²) in [6.45, 7) is 1.76. The van der Waals surface area contributed by atoms with Crippen LogP contribution in [0.1, 0.15) is 28.1 Å². The molecule has 1 amide bonds. The zero-order valence-electron chi connectivity index (χ0n) is 13.9. The van der Waals surface area contributed by atoms with E-state index in [0.29, 0.717) is 11.7 Å². The number of carbonyl (C=O) groups excluding carboxylic acids is 1. The van der Waals surface area contributed by atoms with Gasteiger partial charge < -0.3 is 18.6 Å². The molecule has 3 aromatic rings. The first-order valence-corrected chi connectivity index (χ1v) is 7.87. The topological polar surface area (TPSA) is 94.5 Å². The number of hydrogen-bond acceptors (Lipinski definition) is 7. The summed E-state index contributed by atoms with van der Waals surface area (Å²) in [5.41, 5.74) is 0.104. The van der Waals surface area contributed by atoms with Gasteiger partial charge in [-0.1, -0.05) is 16.8 Å². The largest absolute Gasteiger partial charge is 0.482 e. The fraction of sp³-hybridized carbons (Fsp3) is 0.250. The number of oxazole rings is 1. The molecule has 26 heavy (non-hydrogen) atoms. The van der Waals surface area contributed by atoms with Crippen molar-refractivity contribution in [1.82, 2.24) is 20.0 Å². The van der Waals surface area contributed by atoms with Crippen LogP contribution in [-0.4, -0.2) is 33.0 Å². The molecule has 0 N–H and O–H groups in total. The molecule has 0 saturated carbocycles. The molecule has 0 spiro atoms. The van der Waals surface area contributed by atoms with Crippen LogP contribution in [0.25, 0.3) is 0 Å². The standard InChI is InChI=1S/C16H14ClFN4O4/c1-9-19-14(26-21-9)6-22(2)16(23)12-7-25-15(20-12)8-24-13-4-3-10(18)5-11(13)17/h3-5,7H,6,8H2,1-2H3. The Kier molecular flexibility index (Phi) is 5.17. The molecule has 0 saturated heterocycles. The molecule has 0 fully saturated rings. The lowest BCUT2D eigenvalue weighted by Crippen LogP contribution is -2.26. The molecule has 10 heteroatoms. The summed E-state index contributed by atoms with van der Waals surface area (Å²) in [7, 11) is 1.57. The molecule has 0 aliphatic carbocycles. The van der Waals surface area contributed by atoms with E-state index in [1.807, 2.05) is 0 Å². The summed E-state index contributed by atoms with van der Waals surface area (Å²) in [4.78, 5) is 21.8. The number of ether oxygens (including phenoxy) is 1. The Balaban J connectivity index is 1.60. The van der Waals surface area contributed by atoms with Crippen molar-refractivity contribution < 1.29 is 22.9 Å². The van der Waals surface area contributed by atoms with E-state index in [4.69, 9.17) is 25.3 Å². The van der Waals surface area contributed by atoms with Crippen LogP contribution in [0.2, 0.25) is 5.02 Å². The Bertz CT molecular complexity index is 927. The fourth-order valence-corrected chi connectivity index (χ4v) is 2.30. The SMILES string of the molecule is Cc1noc(CN(C)C(=O)c2coc(COc3ccc(F)cc3Cl)n2)n1. The highest BCUT2D eigenvalue weighted by Gasteiger charge is 2.19. The third kappa shape index (κ3) is 4.17. The maximum atomic E-state index is 13.0. The predicted molar refractivity (Wildman–Crippen MR) is 87.1 cm³/mol. The normalized spacial score (nSPS) is 10.8. The number of benzene rings is 1. The Labute approximate surface area is 152 Å². The van der Waals surface area contributed by atoms with Crippen molar-refractivity contribution in [2.45, 2.75) is 20.1 Å². The maximum Gasteiger partial charge on any atom is 0.276 e. The van der Waals surface area contributed by atoms with Crippen molar-refractivity contribution in [3.63, 3.8) is 0 Å². The van der Waals surface area contributed by atoms with Gasteiger partial charge in [0.2, 0.25) is 11.8 Å². The van der Waals surface area contributed by atoms with Gasteiger partial charge in [0.25, 0.3) is 5.91 Å². The molecule has 2 aromatic heterocycles. The lowest BCUT2D eigenvalue weighted by Gasteiger charge is -2.12. The van der Waals surface area contributed by atoms with Gasteiger partial charge in [-0.25, -0.2) is 9.37 Å². The molecular weight excluding hydrogens is 367 g/mol. The monoisotopic (exact) mass is 380 g/mol. The smallest absolute Gasteiger partial charge is 0.276 e. The second-order valence-electron chi connectivity index (χ2n) is 5.39. The lowest BCUT2D eigenvalue weighted by molar-refractivity contribution is 0.0763. The molecule has 136 valence electrons. The van der Waals surface area contributed by atoms with Gasteiger partial charge in [0.15, 0.2) is 18.1 Å². The number of rotatable bonds is 6. The molecule has 0 atom stereocenters.